The fourth-order valence-corrected chi connectivity index (χ4v) is 4.04. The van der Waals surface area contributed by atoms with Crippen molar-refractivity contribution in [3.8, 4) is 5.75 Å². The van der Waals surface area contributed by atoms with Crippen LogP contribution in [0.2, 0.25) is 5.02 Å². The van der Waals surface area contributed by atoms with Crippen LogP contribution in [0.5, 0.6) is 5.75 Å². The molecule has 0 radical (unpaired) electrons. The summed E-state index contributed by atoms with van der Waals surface area (Å²) in [6, 6.07) is 21.6. The van der Waals surface area contributed by atoms with E-state index in [-0.39, 0.29) is 18.4 Å². The molecular formula is C26H25ClN2O3. The molecule has 0 aliphatic carbocycles. The van der Waals surface area contributed by atoms with E-state index < -0.39 is 6.04 Å². The Morgan fingerprint density at radius 2 is 1.84 bits per heavy atom. The van der Waals surface area contributed by atoms with E-state index in [0.717, 1.165) is 29.7 Å². The van der Waals surface area contributed by atoms with Gasteiger partial charge in [0, 0.05) is 21.8 Å². The van der Waals surface area contributed by atoms with Crippen molar-refractivity contribution in [2.75, 3.05) is 18.5 Å². The number of amides is 2. The number of nitrogens with one attached hydrogen (secondary N) is 1. The molecular weight excluding hydrogens is 424 g/mol. The van der Waals surface area contributed by atoms with Crippen molar-refractivity contribution in [3.05, 3.63) is 94.5 Å². The van der Waals surface area contributed by atoms with Crippen LogP contribution in [-0.2, 0) is 4.79 Å². The molecule has 0 bridgehead atoms. The van der Waals surface area contributed by atoms with E-state index in [2.05, 4.69) is 12.2 Å². The third-order valence-electron chi connectivity index (χ3n) is 5.45. The maximum atomic E-state index is 13.6. The van der Waals surface area contributed by atoms with Gasteiger partial charge in [-0.3, -0.25) is 9.59 Å². The van der Waals surface area contributed by atoms with Gasteiger partial charge in [-0.05, 0) is 54.4 Å². The van der Waals surface area contributed by atoms with Crippen molar-refractivity contribution >= 4 is 29.1 Å². The quantitative estimate of drug-likeness (QED) is 0.492. The van der Waals surface area contributed by atoms with Gasteiger partial charge in [0.25, 0.3) is 5.91 Å². The third kappa shape index (κ3) is 4.78. The van der Waals surface area contributed by atoms with E-state index in [1.165, 1.54) is 0 Å². The number of hydrogen-bond acceptors (Lipinski definition) is 3. The normalized spacial score (nSPS) is 15.5. The predicted molar refractivity (Wildman–Crippen MR) is 126 cm³/mol. The Hall–Kier alpha value is -3.31. The summed E-state index contributed by atoms with van der Waals surface area (Å²) in [5.41, 5.74) is 2.83. The molecule has 0 fully saturated rings. The van der Waals surface area contributed by atoms with Crippen molar-refractivity contribution in [1.29, 1.82) is 0 Å². The fourth-order valence-electron chi connectivity index (χ4n) is 3.86. The average Bonchev–Trinajstić information content (AvgIpc) is 2.95. The van der Waals surface area contributed by atoms with Crippen LogP contribution in [0.3, 0.4) is 0 Å². The summed E-state index contributed by atoms with van der Waals surface area (Å²) in [7, 11) is 0. The van der Waals surface area contributed by atoms with Crippen LogP contribution in [0.15, 0.2) is 72.8 Å². The van der Waals surface area contributed by atoms with Gasteiger partial charge >= 0.3 is 0 Å². The number of hydrogen-bond donors (Lipinski definition) is 1. The van der Waals surface area contributed by atoms with Crippen LogP contribution in [-0.4, -0.2) is 29.9 Å². The lowest BCUT2D eigenvalue weighted by Gasteiger charge is -2.30. The molecule has 1 heterocycles. The van der Waals surface area contributed by atoms with E-state index in [1.54, 1.807) is 41.3 Å². The van der Waals surface area contributed by atoms with Crippen LogP contribution in [0.1, 0.15) is 47.3 Å². The molecule has 0 aromatic heterocycles. The topological polar surface area (TPSA) is 58.6 Å². The van der Waals surface area contributed by atoms with Gasteiger partial charge in [-0.2, -0.15) is 0 Å². The molecule has 1 N–H and O–H groups in total. The third-order valence-corrected chi connectivity index (χ3v) is 5.69. The van der Waals surface area contributed by atoms with Crippen molar-refractivity contribution in [2.45, 2.75) is 25.8 Å². The number of fused-ring (bicyclic) bond motifs is 1. The average molecular weight is 449 g/mol. The molecule has 4 rings (SSSR count). The first-order valence-electron chi connectivity index (χ1n) is 10.7. The van der Waals surface area contributed by atoms with Crippen LogP contribution < -0.4 is 10.1 Å². The summed E-state index contributed by atoms with van der Waals surface area (Å²) in [4.78, 5) is 27.9. The minimum atomic E-state index is -0.461. The lowest BCUT2D eigenvalue weighted by atomic mass is 9.95. The van der Waals surface area contributed by atoms with Gasteiger partial charge in [0.2, 0.25) is 5.91 Å². The lowest BCUT2D eigenvalue weighted by molar-refractivity contribution is -0.117. The summed E-state index contributed by atoms with van der Waals surface area (Å²) in [5.74, 6) is 0.238. The summed E-state index contributed by atoms with van der Waals surface area (Å²) in [6.45, 7) is 2.68. The Morgan fingerprint density at radius 1 is 1.09 bits per heavy atom. The number of carbonyl (C=O) groups is 2. The number of nitrogens with zero attached hydrogens (tertiary/aromatic N) is 1. The highest BCUT2D eigenvalue weighted by Crippen LogP contribution is 2.38. The zero-order valence-corrected chi connectivity index (χ0v) is 18.6. The molecule has 2 amide bonds. The molecule has 1 unspecified atom stereocenters. The van der Waals surface area contributed by atoms with Gasteiger partial charge in [-0.15, -0.1) is 0 Å². The van der Waals surface area contributed by atoms with Crippen LogP contribution >= 0.6 is 11.6 Å². The van der Waals surface area contributed by atoms with Crippen LogP contribution in [0.25, 0.3) is 0 Å². The van der Waals surface area contributed by atoms with Gasteiger partial charge in [0.15, 0.2) is 0 Å². The molecule has 0 spiro atoms. The highest BCUT2D eigenvalue weighted by Gasteiger charge is 2.34. The molecule has 0 saturated heterocycles. The van der Waals surface area contributed by atoms with Gasteiger partial charge in [-0.25, -0.2) is 0 Å². The Labute approximate surface area is 193 Å². The van der Waals surface area contributed by atoms with Gasteiger partial charge in [0.05, 0.1) is 12.6 Å². The number of benzene rings is 3. The number of anilines is 1. The second kappa shape index (κ2) is 9.88. The van der Waals surface area contributed by atoms with Crippen molar-refractivity contribution in [2.24, 2.45) is 0 Å². The Morgan fingerprint density at radius 3 is 2.56 bits per heavy atom. The molecule has 3 aromatic carbocycles. The number of unbranched alkanes of at least 4 members (excludes halogenated alkanes) is 1. The molecule has 5 nitrogen and oxygen atoms in total. The molecule has 164 valence electrons. The minimum absolute atomic E-state index is 0.0700. The minimum Gasteiger partial charge on any atom is -0.494 e. The lowest BCUT2D eigenvalue weighted by Crippen LogP contribution is -2.39. The summed E-state index contributed by atoms with van der Waals surface area (Å²) >= 11 is 6.30. The van der Waals surface area contributed by atoms with Gasteiger partial charge in [0.1, 0.15) is 12.3 Å². The van der Waals surface area contributed by atoms with Crippen molar-refractivity contribution < 1.29 is 14.3 Å². The van der Waals surface area contributed by atoms with Crippen LogP contribution in [0, 0.1) is 0 Å². The second-order valence-electron chi connectivity index (χ2n) is 7.75. The second-order valence-corrected chi connectivity index (χ2v) is 8.19. The molecule has 0 saturated carbocycles. The molecule has 1 atom stereocenters. The first-order valence-corrected chi connectivity index (χ1v) is 11.1. The van der Waals surface area contributed by atoms with Crippen LogP contribution in [0.4, 0.5) is 5.69 Å². The maximum absolute atomic E-state index is 13.6. The SMILES string of the molecule is CCCCOc1ccc(C(=O)N2CC(=O)Nc3ccc(Cl)cc3C2c2ccccc2)cc1. The number of ether oxygens (including phenoxy) is 1. The zero-order chi connectivity index (χ0) is 22.5. The maximum Gasteiger partial charge on any atom is 0.255 e. The Kier molecular flexibility index (Phi) is 6.76. The molecule has 32 heavy (non-hydrogen) atoms. The van der Waals surface area contributed by atoms with Crippen molar-refractivity contribution in [3.63, 3.8) is 0 Å². The van der Waals surface area contributed by atoms with E-state index in [1.807, 2.05) is 36.4 Å². The smallest absolute Gasteiger partial charge is 0.255 e. The molecule has 6 heteroatoms. The Balaban J connectivity index is 1.72. The molecule has 3 aromatic rings. The largest absolute Gasteiger partial charge is 0.494 e. The predicted octanol–water partition coefficient (Wildman–Crippen LogP) is 5.70. The molecule has 1 aliphatic rings. The Bertz CT molecular complexity index is 1100. The highest BCUT2D eigenvalue weighted by molar-refractivity contribution is 6.30. The zero-order valence-electron chi connectivity index (χ0n) is 17.9. The van der Waals surface area contributed by atoms with E-state index in [4.69, 9.17) is 16.3 Å². The standard InChI is InChI=1S/C26H25ClN2O3/c1-2-3-15-32-21-12-9-19(10-13-21)26(31)29-17-24(30)28-23-14-11-20(27)16-22(23)25(29)18-7-5-4-6-8-18/h4-14,16,25H,2-3,15,17H2,1H3,(H,28,30). The summed E-state index contributed by atoms with van der Waals surface area (Å²) < 4.78 is 5.71. The van der Waals surface area contributed by atoms with E-state index in [9.17, 15) is 9.59 Å². The monoisotopic (exact) mass is 448 g/mol. The fraction of sp³-hybridized carbons (Fsp3) is 0.231. The number of carbonyl (C=O) groups excluding carboxylic acids is 2. The first kappa shape index (κ1) is 21.9. The van der Waals surface area contributed by atoms with Crippen molar-refractivity contribution in [1.82, 2.24) is 4.90 Å². The number of rotatable bonds is 6. The summed E-state index contributed by atoms with van der Waals surface area (Å²) in [6.07, 6.45) is 2.03. The van der Waals surface area contributed by atoms with E-state index in [0.29, 0.717) is 22.9 Å². The van der Waals surface area contributed by atoms with Gasteiger partial charge < -0.3 is 15.0 Å². The molecule has 1 aliphatic heterocycles. The van der Waals surface area contributed by atoms with E-state index >= 15 is 0 Å². The highest BCUT2D eigenvalue weighted by atomic mass is 35.5. The first-order chi connectivity index (χ1) is 15.6. The van der Waals surface area contributed by atoms with Gasteiger partial charge in [-0.1, -0.05) is 55.3 Å². The number of halogens is 1. The summed E-state index contributed by atoms with van der Waals surface area (Å²) in [5, 5.41) is 3.46.